The zero-order chi connectivity index (χ0) is 13.1. The van der Waals surface area contributed by atoms with Crippen LogP contribution in [-0.2, 0) is 10.0 Å². The average molecular weight is 259 g/mol. The maximum Gasteiger partial charge on any atom is 0.337 e. The van der Waals surface area contributed by atoms with Gasteiger partial charge >= 0.3 is 5.97 Å². The second-order valence-electron chi connectivity index (χ2n) is 3.46. The highest BCUT2D eigenvalue weighted by molar-refractivity contribution is 7.92. The van der Waals surface area contributed by atoms with Crippen LogP contribution in [0.5, 0.6) is 5.75 Å². The largest absolute Gasteiger partial charge is 0.508 e. The number of hydrogen-bond acceptors (Lipinski definition) is 4. The van der Waals surface area contributed by atoms with Crippen LogP contribution in [0.4, 0.5) is 5.69 Å². The summed E-state index contributed by atoms with van der Waals surface area (Å²) >= 11 is 0. The lowest BCUT2D eigenvalue weighted by Gasteiger charge is -2.09. The molecular formula is C10H13NO5S. The van der Waals surface area contributed by atoms with Gasteiger partial charge in [0, 0.05) is 0 Å². The fourth-order valence-electron chi connectivity index (χ4n) is 1.29. The molecule has 0 radical (unpaired) electrons. The van der Waals surface area contributed by atoms with E-state index in [0.717, 1.165) is 6.07 Å². The lowest BCUT2D eigenvalue weighted by molar-refractivity contribution is 0.0697. The standard InChI is InChI=1S/C10H13NO5S/c1-2-5-17(15,16)11-9-4-3-7(12)6-8(9)10(13)14/h3-4,6,11-12H,2,5H2,1H3,(H,13,14). The molecule has 0 bridgehead atoms. The number of rotatable bonds is 5. The predicted octanol–water partition coefficient (Wildman–Crippen LogP) is 1.24. The molecule has 0 fully saturated rings. The van der Waals surface area contributed by atoms with Gasteiger partial charge in [-0.3, -0.25) is 4.72 Å². The number of hydrogen-bond donors (Lipinski definition) is 3. The molecule has 1 rings (SSSR count). The number of aromatic carboxylic acids is 1. The molecule has 3 N–H and O–H groups in total. The number of sulfonamides is 1. The Balaban J connectivity index is 3.11. The molecule has 0 atom stereocenters. The topological polar surface area (TPSA) is 104 Å². The molecule has 94 valence electrons. The van der Waals surface area contributed by atoms with Crippen molar-refractivity contribution in [3.63, 3.8) is 0 Å². The van der Waals surface area contributed by atoms with Crippen LogP contribution < -0.4 is 4.72 Å². The third-order valence-corrected chi connectivity index (χ3v) is 3.45. The molecule has 6 nitrogen and oxygen atoms in total. The summed E-state index contributed by atoms with van der Waals surface area (Å²) in [4.78, 5) is 10.9. The molecule has 1 aromatic carbocycles. The minimum absolute atomic E-state index is 0.0521. The maximum absolute atomic E-state index is 11.5. The maximum atomic E-state index is 11.5. The number of phenolic OH excluding ortho intramolecular Hbond substituents is 1. The first-order chi connectivity index (χ1) is 7.85. The van der Waals surface area contributed by atoms with Gasteiger partial charge in [-0.1, -0.05) is 6.92 Å². The molecule has 0 aliphatic rings. The van der Waals surface area contributed by atoms with Crippen LogP contribution in [0.1, 0.15) is 23.7 Å². The molecule has 0 heterocycles. The lowest BCUT2D eigenvalue weighted by Crippen LogP contribution is -2.18. The van der Waals surface area contributed by atoms with Gasteiger partial charge in [0.2, 0.25) is 10.0 Å². The van der Waals surface area contributed by atoms with Gasteiger partial charge in [0.15, 0.2) is 0 Å². The summed E-state index contributed by atoms with van der Waals surface area (Å²) in [5.74, 6) is -1.64. The first-order valence-corrected chi connectivity index (χ1v) is 6.57. The number of phenols is 1. The van der Waals surface area contributed by atoms with Gasteiger partial charge in [-0.25, -0.2) is 13.2 Å². The van der Waals surface area contributed by atoms with Crippen molar-refractivity contribution in [3.05, 3.63) is 23.8 Å². The van der Waals surface area contributed by atoms with Crippen LogP contribution in [0, 0.1) is 0 Å². The van der Waals surface area contributed by atoms with E-state index in [1.54, 1.807) is 6.92 Å². The van der Waals surface area contributed by atoms with E-state index in [1.165, 1.54) is 12.1 Å². The molecule has 17 heavy (non-hydrogen) atoms. The van der Waals surface area contributed by atoms with E-state index in [4.69, 9.17) is 10.2 Å². The molecule has 0 aliphatic carbocycles. The summed E-state index contributed by atoms with van der Waals surface area (Å²) in [6, 6.07) is 3.42. The third kappa shape index (κ3) is 3.63. The number of carboxylic acid groups (broad SMARTS) is 1. The molecule has 1 aromatic rings. The van der Waals surface area contributed by atoms with Crippen LogP contribution in [0.25, 0.3) is 0 Å². The summed E-state index contributed by atoms with van der Waals surface area (Å²) in [7, 11) is -3.55. The van der Waals surface area contributed by atoms with Crippen LogP contribution >= 0.6 is 0 Å². The van der Waals surface area contributed by atoms with Crippen LogP contribution in [0.2, 0.25) is 0 Å². The highest BCUT2D eigenvalue weighted by atomic mass is 32.2. The Kier molecular flexibility index (Phi) is 3.95. The van der Waals surface area contributed by atoms with E-state index in [0.29, 0.717) is 6.42 Å². The van der Waals surface area contributed by atoms with Crippen molar-refractivity contribution in [1.82, 2.24) is 0 Å². The summed E-state index contributed by atoms with van der Waals surface area (Å²) in [6.45, 7) is 1.70. The molecule has 0 aliphatic heterocycles. The Morgan fingerprint density at radius 2 is 2.06 bits per heavy atom. The molecule has 0 saturated heterocycles. The number of carbonyl (C=O) groups is 1. The van der Waals surface area contributed by atoms with Crippen molar-refractivity contribution in [2.75, 3.05) is 10.5 Å². The number of carboxylic acids is 1. The van der Waals surface area contributed by atoms with Gasteiger partial charge in [0.25, 0.3) is 0 Å². The van der Waals surface area contributed by atoms with Gasteiger partial charge < -0.3 is 10.2 Å². The van der Waals surface area contributed by atoms with E-state index in [2.05, 4.69) is 4.72 Å². The van der Waals surface area contributed by atoms with Gasteiger partial charge in [0.1, 0.15) is 5.75 Å². The number of aromatic hydroxyl groups is 1. The highest BCUT2D eigenvalue weighted by Crippen LogP contribution is 2.22. The fraction of sp³-hybridized carbons (Fsp3) is 0.300. The quantitative estimate of drug-likeness (QED) is 0.690. The first-order valence-electron chi connectivity index (χ1n) is 4.92. The van der Waals surface area contributed by atoms with Gasteiger partial charge in [-0.2, -0.15) is 0 Å². The normalized spacial score (nSPS) is 11.1. The predicted molar refractivity (Wildman–Crippen MR) is 62.8 cm³/mol. The third-order valence-electron chi connectivity index (χ3n) is 1.97. The molecule has 0 amide bonds. The first kappa shape index (κ1) is 13.3. The molecule has 0 aromatic heterocycles. The van der Waals surface area contributed by atoms with E-state index in [1.807, 2.05) is 0 Å². The smallest absolute Gasteiger partial charge is 0.337 e. The lowest BCUT2D eigenvalue weighted by atomic mass is 10.2. The SMILES string of the molecule is CCCS(=O)(=O)Nc1ccc(O)cc1C(=O)O. The van der Waals surface area contributed by atoms with E-state index >= 15 is 0 Å². The van der Waals surface area contributed by atoms with E-state index < -0.39 is 16.0 Å². The molecule has 7 heteroatoms. The van der Waals surface area contributed by atoms with Crippen LogP contribution in [0.3, 0.4) is 0 Å². The van der Waals surface area contributed by atoms with Crippen LogP contribution in [-0.4, -0.2) is 30.4 Å². The number of anilines is 1. The summed E-state index contributed by atoms with van der Waals surface area (Å²) in [5, 5.41) is 18.0. The van der Waals surface area contributed by atoms with Gasteiger partial charge in [0.05, 0.1) is 17.0 Å². The van der Waals surface area contributed by atoms with E-state index in [-0.39, 0.29) is 22.8 Å². The average Bonchev–Trinajstić information content (AvgIpc) is 2.20. The Bertz CT molecular complexity index is 523. The monoisotopic (exact) mass is 259 g/mol. The van der Waals surface area contributed by atoms with E-state index in [9.17, 15) is 13.2 Å². The molecule has 0 saturated carbocycles. The van der Waals surface area contributed by atoms with Crippen molar-refractivity contribution in [2.24, 2.45) is 0 Å². The molecule has 0 spiro atoms. The zero-order valence-electron chi connectivity index (χ0n) is 9.17. The minimum Gasteiger partial charge on any atom is -0.508 e. The Labute approximate surface area is 99.0 Å². The second-order valence-corrected chi connectivity index (χ2v) is 5.30. The summed E-state index contributed by atoms with van der Waals surface area (Å²) in [6.07, 6.45) is 0.426. The van der Waals surface area contributed by atoms with Crippen molar-refractivity contribution in [1.29, 1.82) is 0 Å². The van der Waals surface area contributed by atoms with Crippen molar-refractivity contribution in [3.8, 4) is 5.75 Å². The van der Waals surface area contributed by atoms with Gasteiger partial charge in [-0.15, -0.1) is 0 Å². The fourth-order valence-corrected chi connectivity index (χ4v) is 2.44. The molecular weight excluding hydrogens is 246 g/mol. The van der Waals surface area contributed by atoms with Crippen LogP contribution in [0.15, 0.2) is 18.2 Å². The van der Waals surface area contributed by atoms with Crippen molar-refractivity contribution in [2.45, 2.75) is 13.3 Å². The van der Waals surface area contributed by atoms with Crippen molar-refractivity contribution < 1.29 is 23.4 Å². The second kappa shape index (κ2) is 5.05. The zero-order valence-corrected chi connectivity index (χ0v) is 9.99. The number of nitrogens with one attached hydrogen (secondary N) is 1. The Morgan fingerprint density at radius 1 is 1.41 bits per heavy atom. The summed E-state index contributed by atoms with van der Waals surface area (Å²) < 4.78 is 25.2. The number of benzene rings is 1. The Morgan fingerprint density at radius 3 is 2.59 bits per heavy atom. The highest BCUT2D eigenvalue weighted by Gasteiger charge is 2.16. The Hall–Kier alpha value is -1.76. The van der Waals surface area contributed by atoms with Gasteiger partial charge in [-0.05, 0) is 24.6 Å². The summed E-state index contributed by atoms with van der Waals surface area (Å²) in [5.41, 5.74) is -0.339. The molecule has 0 unspecified atom stereocenters. The minimum atomic E-state index is -3.55. The van der Waals surface area contributed by atoms with Crippen molar-refractivity contribution >= 4 is 21.7 Å².